The van der Waals surface area contributed by atoms with Gasteiger partial charge in [0.2, 0.25) is 0 Å². The molecule has 0 saturated heterocycles. The summed E-state index contributed by atoms with van der Waals surface area (Å²) in [7, 11) is 0. The van der Waals surface area contributed by atoms with Crippen LogP contribution in [0.4, 0.5) is 0 Å². The highest BCUT2D eigenvalue weighted by molar-refractivity contribution is 6.21. The van der Waals surface area contributed by atoms with Crippen molar-refractivity contribution in [3.8, 4) is 33.4 Å². The normalized spacial score (nSPS) is 14.6. The molecule has 0 N–H and O–H groups in total. The van der Waals surface area contributed by atoms with Crippen LogP contribution in [0, 0.1) is 0 Å². The fraction of sp³-hybridized carbons (Fsp3) is 0.0222. The first-order valence-corrected chi connectivity index (χ1v) is 15.3. The smallest absolute Gasteiger partial charge is 0.0622 e. The Morgan fingerprint density at radius 3 is 1.42 bits per heavy atom. The van der Waals surface area contributed by atoms with Gasteiger partial charge in [0, 0.05) is 0 Å². The van der Waals surface area contributed by atoms with E-state index >= 15 is 0 Å². The molecule has 45 heavy (non-hydrogen) atoms. The minimum atomic E-state index is -0.552. The monoisotopic (exact) mass is 575 g/mol. The van der Waals surface area contributed by atoms with Crippen molar-refractivity contribution in [2.24, 2.45) is 0 Å². The Bertz CT molecular complexity index is 2520. The molecule has 0 amide bonds. The van der Waals surface area contributed by atoms with E-state index in [9.17, 15) is 0 Å². The third-order valence-corrected chi connectivity index (χ3v) is 9.43. The maximum Gasteiger partial charge on any atom is 0.0713 e. The average Bonchev–Trinajstić information content (AvgIpc) is 3.47. The van der Waals surface area contributed by atoms with Crippen molar-refractivity contribution >= 4 is 21.5 Å². The summed E-state index contributed by atoms with van der Waals surface area (Å²) in [6, 6.07) is 51.7. The Morgan fingerprint density at radius 1 is 0.378 bits per heavy atom. The lowest BCUT2D eigenvalue weighted by Gasteiger charge is -2.34. The van der Waals surface area contributed by atoms with Gasteiger partial charge in [-0.2, -0.15) is 0 Å². The molecule has 0 spiro atoms. The molecule has 210 valence electrons. The minimum Gasteiger partial charge on any atom is -0.0622 e. The molecular formula is C45H30. The quantitative estimate of drug-likeness (QED) is 0.183. The van der Waals surface area contributed by atoms with Gasteiger partial charge in [-0.25, -0.2) is 0 Å². The molecule has 1 aliphatic carbocycles. The molecule has 0 radical (unpaired) electrons. The van der Waals surface area contributed by atoms with Gasteiger partial charge in [-0.15, -0.1) is 0 Å². The zero-order valence-corrected chi connectivity index (χ0v) is 24.4. The van der Waals surface area contributed by atoms with E-state index in [0.29, 0.717) is 5.56 Å². The van der Waals surface area contributed by atoms with Crippen LogP contribution < -0.4 is 0 Å². The SMILES string of the molecule is [2H]c1c([2H])c([2H])c(-c2c3ccccc3c(-c3ccc4c(c3)C(c3ccccc3)(c3ccccc3)c3ccccc3-4)c3ccccc23)c([2H])c1[2H]. The van der Waals surface area contributed by atoms with Gasteiger partial charge >= 0.3 is 0 Å². The first kappa shape index (κ1) is 21.1. The van der Waals surface area contributed by atoms with Crippen LogP contribution in [0.2, 0.25) is 0 Å². The van der Waals surface area contributed by atoms with Crippen LogP contribution >= 0.6 is 0 Å². The molecule has 0 atom stereocenters. The average molecular weight is 576 g/mol. The predicted octanol–water partition coefficient (Wildman–Crippen LogP) is 11.7. The van der Waals surface area contributed by atoms with Crippen LogP contribution in [0.15, 0.2) is 182 Å². The molecule has 0 unspecified atom stereocenters. The number of rotatable bonds is 4. The standard InChI is InChI=1S/C45H30/c1-4-16-31(17-5-1)43-37-23-10-12-25-39(37)44(40-26-13-11-24-38(40)43)32-28-29-36-35-22-14-15-27-41(35)45(42(36)30-32,33-18-6-2-7-19-33)34-20-8-3-9-21-34/h1-30H/i1D,4D,5D,16D,17D. The molecule has 0 nitrogen and oxygen atoms in total. The lowest BCUT2D eigenvalue weighted by molar-refractivity contribution is 0.769. The third kappa shape index (κ3) is 3.73. The molecule has 9 rings (SSSR count). The van der Waals surface area contributed by atoms with Crippen molar-refractivity contribution < 1.29 is 6.85 Å². The van der Waals surface area contributed by atoms with Crippen LogP contribution in [0.5, 0.6) is 0 Å². The molecule has 0 aliphatic heterocycles. The largest absolute Gasteiger partial charge is 0.0713 e. The molecule has 0 fully saturated rings. The number of hydrogen-bond acceptors (Lipinski definition) is 0. The zero-order valence-electron chi connectivity index (χ0n) is 29.4. The van der Waals surface area contributed by atoms with E-state index in [1.165, 1.54) is 33.4 Å². The van der Waals surface area contributed by atoms with E-state index in [4.69, 9.17) is 6.85 Å². The predicted molar refractivity (Wildman–Crippen MR) is 190 cm³/mol. The lowest BCUT2D eigenvalue weighted by atomic mass is 9.67. The van der Waals surface area contributed by atoms with Gasteiger partial charge < -0.3 is 0 Å². The van der Waals surface area contributed by atoms with Crippen LogP contribution in [0.25, 0.3) is 54.9 Å². The molecule has 0 bridgehead atoms. The molecule has 1 aliphatic rings. The molecule has 0 heteroatoms. The molecule has 0 saturated carbocycles. The van der Waals surface area contributed by atoms with E-state index in [1.807, 2.05) is 36.4 Å². The van der Waals surface area contributed by atoms with E-state index < -0.39 is 11.5 Å². The second-order valence-corrected chi connectivity index (χ2v) is 11.6. The molecule has 8 aromatic rings. The van der Waals surface area contributed by atoms with Gasteiger partial charge in [-0.1, -0.05) is 176 Å². The highest BCUT2D eigenvalue weighted by Crippen LogP contribution is 2.57. The Labute approximate surface area is 270 Å². The summed E-state index contributed by atoms with van der Waals surface area (Å²) in [5.41, 5.74) is 9.65. The Morgan fingerprint density at radius 2 is 0.844 bits per heavy atom. The highest BCUT2D eigenvalue weighted by atomic mass is 14.5. The summed E-state index contributed by atoms with van der Waals surface area (Å²) >= 11 is 0. The number of benzene rings is 8. The second-order valence-electron chi connectivity index (χ2n) is 11.6. The van der Waals surface area contributed by atoms with Crippen LogP contribution in [0.1, 0.15) is 29.1 Å². The van der Waals surface area contributed by atoms with Gasteiger partial charge in [-0.3, -0.25) is 0 Å². The van der Waals surface area contributed by atoms with Crippen molar-refractivity contribution in [2.45, 2.75) is 5.41 Å². The van der Waals surface area contributed by atoms with E-state index in [2.05, 4.69) is 115 Å². The number of hydrogen-bond donors (Lipinski definition) is 0. The van der Waals surface area contributed by atoms with Gasteiger partial charge in [-0.05, 0) is 83.2 Å². The summed E-state index contributed by atoms with van der Waals surface area (Å²) in [4.78, 5) is 0. The summed E-state index contributed by atoms with van der Waals surface area (Å²) in [5, 5.41) is 3.57. The summed E-state index contributed by atoms with van der Waals surface area (Å²) < 4.78 is 43.0. The Kier molecular flexibility index (Phi) is 4.77. The number of fused-ring (bicyclic) bond motifs is 5. The summed E-state index contributed by atoms with van der Waals surface area (Å²) in [6.45, 7) is 0. The lowest BCUT2D eigenvalue weighted by Crippen LogP contribution is -2.28. The van der Waals surface area contributed by atoms with Gasteiger partial charge in [0.05, 0.1) is 12.3 Å². The highest BCUT2D eigenvalue weighted by Gasteiger charge is 2.46. The maximum absolute atomic E-state index is 8.92. The van der Waals surface area contributed by atoms with Gasteiger partial charge in [0.1, 0.15) is 0 Å². The summed E-state index contributed by atoms with van der Waals surface area (Å²) in [5.74, 6) is 0. The van der Waals surface area contributed by atoms with Gasteiger partial charge in [0.25, 0.3) is 0 Å². The van der Waals surface area contributed by atoms with Crippen LogP contribution in [-0.2, 0) is 5.41 Å². The topological polar surface area (TPSA) is 0 Å². The van der Waals surface area contributed by atoms with Crippen molar-refractivity contribution in [3.63, 3.8) is 0 Å². The third-order valence-electron chi connectivity index (χ3n) is 9.43. The van der Waals surface area contributed by atoms with Gasteiger partial charge in [0.15, 0.2) is 0 Å². The first-order valence-electron chi connectivity index (χ1n) is 17.8. The fourth-order valence-corrected chi connectivity index (χ4v) is 7.68. The fourth-order valence-electron chi connectivity index (χ4n) is 7.68. The Balaban J connectivity index is 1.41. The first-order chi connectivity index (χ1) is 24.4. The molecular weight excluding hydrogens is 540 g/mol. The summed E-state index contributed by atoms with van der Waals surface area (Å²) in [6.07, 6.45) is 0. The maximum atomic E-state index is 8.92. The Hall–Kier alpha value is -5.72. The van der Waals surface area contributed by atoms with Crippen molar-refractivity contribution in [2.75, 3.05) is 0 Å². The van der Waals surface area contributed by atoms with Crippen molar-refractivity contribution in [1.82, 2.24) is 0 Å². The molecule has 8 aromatic carbocycles. The minimum absolute atomic E-state index is 0.204. The molecule has 0 heterocycles. The zero-order chi connectivity index (χ0) is 34.1. The van der Waals surface area contributed by atoms with Crippen molar-refractivity contribution in [3.05, 3.63) is 204 Å². The van der Waals surface area contributed by atoms with E-state index in [-0.39, 0.29) is 29.7 Å². The molecule has 0 aromatic heterocycles. The second kappa shape index (κ2) is 10.2. The van der Waals surface area contributed by atoms with Crippen molar-refractivity contribution in [1.29, 1.82) is 0 Å². The van der Waals surface area contributed by atoms with E-state index in [1.54, 1.807) is 0 Å². The van der Waals surface area contributed by atoms with Crippen LogP contribution in [0.3, 0.4) is 0 Å². The van der Waals surface area contributed by atoms with E-state index in [0.717, 1.165) is 32.7 Å². The van der Waals surface area contributed by atoms with Crippen LogP contribution in [-0.4, -0.2) is 0 Å².